The Morgan fingerprint density at radius 1 is 1.33 bits per heavy atom. The number of benzene rings is 1. The van der Waals surface area contributed by atoms with Crippen LogP contribution in [0.2, 0.25) is 0 Å². The third-order valence-corrected chi connectivity index (χ3v) is 4.22. The number of hydrogen-bond donors (Lipinski definition) is 2. The van der Waals surface area contributed by atoms with E-state index in [1.54, 1.807) is 12.1 Å². The van der Waals surface area contributed by atoms with E-state index >= 15 is 0 Å². The number of nitrogen functional groups attached to an aromatic ring is 1. The van der Waals surface area contributed by atoms with Gasteiger partial charge in [0, 0.05) is 25.1 Å². The highest BCUT2D eigenvalue weighted by Gasteiger charge is 2.21. The Morgan fingerprint density at radius 2 is 2.05 bits per heavy atom. The van der Waals surface area contributed by atoms with Crippen LogP contribution in [0.15, 0.2) is 24.3 Å². The monoisotopic (exact) mass is 289 g/mol. The number of nitrogens with two attached hydrogens (primary N) is 1. The van der Waals surface area contributed by atoms with E-state index in [1.807, 2.05) is 17.0 Å². The first-order valence-corrected chi connectivity index (χ1v) is 7.51. The number of nitrogens with zero attached hydrogens (tertiary/aromatic N) is 1. The smallest absolute Gasteiger partial charge is 0.265 e. The van der Waals surface area contributed by atoms with E-state index in [2.05, 4.69) is 12.3 Å². The molecular weight excluding hydrogens is 266 g/mol. The molecule has 1 saturated heterocycles. The van der Waals surface area contributed by atoms with Gasteiger partial charge in [0.2, 0.25) is 5.91 Å². The molecule has 1 unspecified atom stereocenters. The van der Waals surface area contributed by atoms with Crippen molar-refractivity contribution in [3.05, 3.63) is 35.4 Å². The Morgan fingerprint density at radius 3 is 2.67 bits per heavy atom. The normalized spacial score (nSPS) is 19.2. The summed E-state index contributed by atoms with van der Waals surface area (Å²) in [5.41, 5.74) is 3.66. The summed E-state index contributed by atoms with van der Waals surface area (Å²) in [6.07, 6.45) is 3.87. The summed E-state index contributed by atoms with van der Waals surface area (Å²) in [4.78, 5) is 25.5. The molecule has 2 rings (SSSR count). The molecule has 1 aliphatic heterocycles. The molecule has 0 radical (unpaired) electrons. The van der Waals surface area contributed by atoms with Gasteiger partial charge in [-0.1, -0.05) is 25.5 Å². The summed E-state index contributed by atoms with van der Waals surface area (Å²) in [6, 6.07) is 7.21. The zero-order valence-corrected chi connectivity index (χ0v) is 12.5. The fourth-order valence-electron chi connectivity index (χ4n) is 2.73. The van der Waals surface area contributed by atoms with E-state index in [9.17, 15) is 9.59 Å². The molecular formula is C16H23N3O2. The summed E-state index contributed by atoms with van der Waals surface area (Å²) >= 11 is 0. The molecule has 1 aromatic carbocycles. The van der Waals surface area contributed by atoms with E-state index in [0.29, 0.717) is 24.4 Å². The maximum Gasteiger partial charge on any atom is 0.265 e. The Balaban J connectivity index is 2.00. The van der Waals surface area contributed by atoms with Crippen LogP contribution in [0.25, 0.3) is 0 Å². The highest BCUT2D eigenvalue weighted by Crippen LogP contribution is 2.22. The number of nitrogens with one attached hydrogen (secondary N) is 1. The summed E-state index contributed by atoms with van der Waals surface area (Å²) in [5.74, 6) is 5.69. The number of carbonyl (C=O) groups excluding carboxylic acids is 2. The Bertz CT molecular complexity index is 499. The lowest BCUT2D eigenvalue weighted by atomic mass is 9.98. The van der Waals surface area contributed by atoms with Crippen LogP contribution < -0.4 is 11.3 Å². The molecule has 1 atom stereocenters. The molecule has 0 bridgehead atoms. The van der Waals surface area contributed by atoms with Gasteiger partial charge in [0.25, 0.3) is 5.91 Å². The van der Waals surface area contributed by atoms with Crippen molar-refractivity contribution in [3.8, 4) is 0 Å². The van der Waals surface area contributed by atoms with E-state index in [1.165, 1.54) is 0 Å². The highest BCUT2D eigenvalue weighted by molar-refractivity contribution is 5.93. The highest BCUT2D eigenvalue weighted by atomic mass is 16.2. The van der Waals surface area contributed by atoms with Gasteiger partial charge in [-0.25, -0.2) is 5.84 Å². The van der Waals surface area contributed by atoms with Crippen LogP contribution in [0, 0.1) is 5.92 Å². The summed E-state index contributed by atoms with van der Waals surface area (Å²) < 4.78 is 0. The molecule has 21 heavy (non-hydrogen) atoms. The van der Waals surface area contributed by atoms with Gasteiger partial charge in [0.1, 0.15) is 0 Å². The zero-order valence-electron chi connectivity index (χ0n) is 12.5. The average molecular weight is 289 g/mol. The maximum atomic E-state index is 12.1. The third kappa shape index (κ3) is 4.04. The van der Waals surface area contributed by atoms with E-state index in [4.69, 9.17) is 5.84 Å². The molecule has 5 heteroatoms. The number of hydrogen-bond acceptors (Lipinski definition) is 3. The Kier molecular flexibility index (Phi) is 5.33. The summed E-state index contributed by atoms with van der Waals surface area (Å²) in [7, 11) is 0. The molecule has 1 aliphatic rings. The quantitative estimate of drug-likeness (QED) is 0.504. The first kappa shape index (κ1) is 15.5. The van der Waals surface area contributed by atoms with Gasteiger partial charge in [-0.3, -0.25) is 15.0 Å². The van der Waals surface area contributed by atoms with Crippen LogP contribution >= 0.6 is 0 Å². The average Bonchev–Trinajstić information content (AvgIpc) is 2.70. The largest absolute Gasteiger partial charge is 0.338 e. The van der Waals surface area contributed by atoms with Crippen molar-refractivity contribution in [1.82, 2.24) is 10.3 Å². The van der Waals surface area contributed by atoms with Gasteiger partial charge >= 0.3 is 0 Å². The number of amides is 2. The summed E-state index contributed by atoms with van der Waals surface area (Å²) in [5, 5.41) is 0. The Hall–Kier alpha value is -1.88. The van der Waals surface area contributed by atoms with Crippen molar-refractivity contribution in [1.29, 1.82) is 0 Å². The predicted octanol–water partition coefficient (Wildman–Crippen LogP) is 1.83. The molecule has 114 valence electrons. The van der Waals surface area contributed by atoms with Gasteiger partial charge in [-0.15, -0.1) is 0 Å². The van der Waals surface area contributed by atoms with Crippen molar-refractivity contribution in [3.63, 3.8) is 0 Å². The van der Waals surface area contributed by atoms with Crippen LogP contribution in [0.3, 0.4) is 0 Å². The maximum absolute atomic E-state index is 12.1. The Labute approximate surface area is 125 Å². The minimum Gasteiger partial charge on any atom is -0.338 e. The molecule has 1 fully saturated rings. The molecule has 0 aliphatic carbocycles. The number of hydrazine groups is 1. The van der Waals surface area contributed by atoms with Crippen molar-refractivity contribution in [2.24, 2.45) is 11.8 Å². The van der Waals surface area contributed by atoms with E-state index < -0.39 is 0 Å². The molecule has 0 spiro atoms. The second kappa shape index (κ2) is 7.22. The fourth-order valence-corrected chi connectivity index (χ4v) is 2.73. The first-order valence-electron chi connectivity index (χ1n) is 7.51. The van der Waals surface area contributed by atoms with Crippen LogP contribution in [0.5, 0.6) is 0 Å². The molecule has 3 N–H and O–H groups in total. The van der Waals surface area contributed by atoms with Gasteiger partial charge in [-0.05, 0) is 36.5 Å². The molecule has 2 amide bonds. The molecule has 0 aromatic heterocycles. The lowest BCUT2D eigenvalue weighted by Crippen LogP contribution is -2.30. The van der Waals surface area contributed by atoms with E-state index in [-0.39, 0.29) is 11.8 Å². The molecule has 1 heterocycles. The zero-order chi connectivity index (χ0) is 15.2. The minimum absolute atomic E-state index is 0.231. The van der Waals surface area contributed by atoms with Crippen molar-refractivity contribution in [2.75, 3.05) is 6.54 Å². The van der Waals surface area contributed by atoms with E-state index in [0.717, 1.165) is 31.4 Å². The van der Waals surface area contributed by atoms with Crippen molar-refractivity contribution >= 4 is 11.8 Å². The van der Waals surface area contributed by atoms with Crippen LogP contribution in [0.1, 0.15) is 48.5 Å². The standard InChI is InChI=1S/C16H23N3O2/c1-2-12-5-8-15(20)19(10-9-12)11-13-3-6-14(7-4-13)16(21)18-17/h3-4,6-7,12H,2,5,8-11,17H2,1H3,(H,18,21). The van der Waals surface area contributed by atoms with Crippen LogP contribution in [0.4, 0.5) is 0 Å². The second-order valence-electron chi connectivity index (χ2n) is 5.59. The SMILES string of the molecule is CCC1CCC(=O)N(Cc2ccc(C(=O)NN)cc2)CC1. The minimum atomic E-state index is -0.307. The van der Waals surface area contributed by atoms with Gasteiger partial charge < -0.3 is 4.90 Å². The first-order chi connectivity index (χ1) is 10.1. The van der Waals surface area contributed by atoms with Gasteiger partial charge in [-0.2, -0.15) is 0 Å². The molecule has 5 nitrogen and oxygen atoms in total. The van der Waals surface area contributed by atoms with Crippen LogP contribution in [-0.2, 0) is 11.3 Å². The second-order valence-corrected chi connectivity index (χ2v) is 5.59. The lowest BCUT2D eigenvalue weighted by Gasteiger charge is -2.21. The predicted molar refractivity (Wildman–Crippen MR) is 81.1 cm³/mol. The van der Waals surface area contributed by atoms with Gasteiger partial charge in [0.05, 0.1) is 0 Å². The lowest BCUT2D eigenvalue weighted by molar-refractivity contribution is -0.131. The topological polar surface area (TPSA) is 75.4 Å². The molecule has 1 aromatic rings. The van der Waals surface area contributed by atoms with Gasteiger partial charge in [0.15, 0.2) is 0 Å². The number of likely N-dealkylation sites (tertiary alicyclic amines) is 1. The number of rotatable bonds is 4. The summed E-state index contributed by atoms with van der Waals surface area (Å²) in [6.45, 7) is 3.62. The van der Waals surface area contributed by atoms with Crippen molar-refractivity contribution in [2.45, 2.75) is 39.2 Å². The number of carbonyl (C=O) groups is 2. The fraction of sp³-hybridized carbons (Fsp3) is 0.500. The van der Waals surface area contributed by atoms with Crippen LogP contribution in [-0.4, -0.2) is 23.3 Å². The molecule has 0 saturated carbocycles. The third-order valence-electron chi connectivity index (χ3n) is 4.22. The van der Waals surface area contributed by atoms with Crippen molar-refractivity contribution < 1.29 is 9.59 Å².